The van der Waals surface area contributed by atoms with Gasteiger partial charge in [-0.1, -0.05) is 98.6 Å². The van der Waals surface area contributed by atoms with E-state index in [2.05, 4.69) is 112 Å². The first-order valence-electron chi connectivity index (χ1n) is 12.0. The Hall–Kier alpha value is -0.487. The molecule has 0 aliphatic rings. The number of fused-ring (bicyclic) bond motifs is 1. The van der Waals surface area contributed by atoms with Crippen molar-refractivity contribution in [2.75, 3.05) is 0 Å². The molecule has 0 aliphatic heterocycles. The molecule has 0 saturated heterocycles. The van der Waals surface area contributed by atoms with Crippen molar-refractivity contribution in [1.82, 2.24) is 0 Å². The van der Waals surface area contributed by atoms with E-state index in [1.165, 1.54) is 44.2 Å². The molecule has 3 aromatic rings. The van der Waals surface area contributed by atoms with Crippen LogP contribution in [-0.2, 0) is 38.1 Å². The maximum atomic E-state index is 4.93. The van der Waals surface area contributed by atoms with Crippen LogP contribution in [0.5, 0.6) is 0 Å². The summed E-state index contributed by atoms with van der Waals surface area (Å²) in [4.78, 5) is 0. The quantitative estimate of drug-likeness (QED) is 0.277. The van der Waals surface area contributed by atoms with E-state index < -0.39 is 20.8 Å². The molecule has 3 aromatic carbocycles. The number of hydrogen-bond acceptors (Lipinski definition) is 0. The first-order valence-corrected chi connectivity index (χ1v) is 18.4. The maximum absolute atomic E-state index is 4.93. The average Bonchev–Trinajstić information content (AvgIpc) is 3.07. The predicted octanol–water partition coefficient (Wildman–Crippen LogP) is 10.5. The van der Waals surface area contributed by atoms with Crippen molar-refractivity contribution >= 4 is 27.8 Å². The second-order valence-electron chi connectivity index (χ2n) is 12.0. The molecule has 0 spiro atoms. The summed E-state index contributed by atoms with van der Waals surface area (Å²) in [6, 6.07) is 16.9. The summed E-state index contributed by atoms with van der Waals surface area (Å²) in [6.45, 7) is 23.2. The molecule has 0 fully saturated rings. The van der Waals surface area contributed by atoms with Gasteiger partial charge in [0.25, 0.3) is 0 Å². The van der Waals surface area contributed by atoms with Gasteiger partial charge < -0.3 is 0 Å². The molecular formula is C30H41Cl2Zr-. The molecule has 0 amide bonds. The molecule has 0 bridgehead atoms. The first-order chi connectivity index (χ1) is 15.2. The van der Waals surface area contributed by atoms with Crippen LogP contribution in [0.15, 0.2) is 42.5 Å². The molecule has 3 heteroatoms. The van der Waals surface area contributed by atoms with Gasteiger partial charge in [-0.05, 0) is 45.8 Å². The Morgan fingerprint density at radius 3 is 1.76 bits per heavy atom. The molecule has 0 radical (unpaired) electrons. The molecule has 0 aromatic heterocycles. The standard InChI is InChI=1S/C30H41.2ClH.Zr/c1-19(2)13-21-14-22-11-12-26(20(3)4)28(27(22)15-21)23-16-24(29(5,6)7)18-25(17-23)30(8,9)10;;;/h11-12,14-20H,13H2,1-10H3;2*1H;/q-1;;;+2/p-2. The molecule has 0 heterocycles. The van der Waals surface area contributed by atoms with Crippen molar-refractivity contribution in [3.63, 3.8) is 0 Å². The summed E-state index contributed by atoms with van der Waals surface area (Å²) < 4.78 is 0. The van der Waals surface area contributed by atoms with Crippen LogP contribution in [0, 0.1) is 5.92 Å². The number of rotatable bonds is 4. The number of benzene rings is 2. The van der Waals surface area contributed by atoms with Crippen LogP contribution in [0.3, 0.4) is 0 Å². The first kappa shape index (κ1) is 28.7. The fourth-order valence-corrected chi connectivity index (χ4v) is 4.39. The average molecular weight is 564 g/mol. The van der Waals surface area contributed by atoms with Gasteiger partial charge in [0, 0.05) is 0 Å². The number of hydrogen-bond donors (Lipinski definition) is 0. The second-order valence-corrected chi connectivity index (χ2v) is 15.8. The van der Waals surface area contributed by atoms with Gasteiger partial charge in [-0.3, -0.25) is 0 Å². The van der Waals surface area contributed by atoms with Gasteiger partial charge in [-0.2, -0.15) is 6.07 Å². The molecule has 0 N–H and O–H groups in total. The normalized spacial score (nSPS) is 12.3. The molecule has 3 rings (SSSR count). The molecule has 180 valence electrons. The minimum atomic E-state index is -0.826. The van der Waals surface area contributed by atoms with Gasteiger partial charge in [0.2, 0.25) is 0 Å². The summed E-state index contributed by atoms with van der Waals surface area (Å²) >= 11 is -0.826. The third-order valence-corrected chi connectivity index (χ3v) is 6.20. The molecule has 0 saturated carbocycles. The summed E-state index contributed by atoms with van der Waals surface area (Å²) in [7, 11) is 9.87. The zero-order chi connectivity index (χ0) is 25.1. The Bertz CT molecular complexity index is 1030. The van der Waals surface area contributed by atoms with Gasteiger partial charge in [0.1, 0.15) is 0 Å². The number of halogens is 2. The molecule has 0 atom stereocenters. The van der Waals surface area contributed by atoms with E-state index in [0.29, 0.717) is 11.8 Å². The molecule has 0 aliphatic carbocycles. The summed E-state index contributed by atoms with van der Waals surface area (Å²) in [5.74, 6) is 1.16. The van der Waals surface area contributed by atoms with Crippen LogP contribution < -0.4 is 0 Å². The second kappa shape index (κ2) is 11.5. The van der Waals surface area contributed by atoms with Gasteiger partial charge in [0.05, 0.1) is 0 Å². The van der Waals surface area contributed by atoms with E-state index in [1.54, 1.807) is 0 Å². The van der Waals surface area contributed by atoms with Crippen LogP contribution in [0.2, 0.25) is 0 Å². The van der Waals surface area contributed by atoms with Crippen molar-refractivity contribution in [2.24, 2.45) is 5.92 Å². The van der Waals surface area contributed by atoms with E-state index in [0.717, 1.165) is 6.42 Å². The Labute approximate surface area is 221 Å². The van der Waals surface area contributed by atoms with E-state index in [1.807, 2.05) is 0 Å². The van der Waals surface area contributed by atoms with E-state index in [4.69, 9.17) is 17.0 Å². The third-order valence-electron chi connectivity index (χ3n) is 6.20. The SMILES string of the molecule is CC(C)Cc1cc2c(-c3cc(C(C)(C)C)cc(C(C)(C)C)c3)c(C(C)C)ccc2[cH-]1.[Cl][Zr][Cl]. The Balaban J connectivity index is 0.00000122. The van der Waals surface area contributed by atoms with E-state index >= 15 is 0 Å². The van der Waals surface area contributed by atoms with Crippen LogP contribution >= 0.6 is 17.0 Å². The Morgan fingerprint density at radius 1 is 0.818 bits per heavy atom. The third kappa shape index (κ3) is 7.50. The van der Waals surface area contributed by atoms with E-state index in [-0.39, 0.29) is 10.8 Å². The summed E-state index contributed by atoms with van der Waals surface area (Å²) in [5.41, 5.74) is 8.82. The van der Waals surface area contributed by atoms with Gasteiger partial charge in [-0.25, -0.2) is 0 Å². The van der Waals surface area contributed by atoms with Gasteiger partial charge in [0.15, 0.2) is 0 Å². The predicted molar refractivity (Wildman–Crippen MR) is 147 cm³/mol. The molecule has 0 nitrogen and oxygen atoms in total. The minimum absolute atomic E-state index is 0.122. The van der Waals surface area contributed by atoms with Crippen molar-refractivity contribution in [2.45, 2.75) is 92.4 Å². The Morgan fingerprint density at radius 2 is 1.33 bits per heavy atom. The zero-order valence-corrected chi connectivity index (χ0v) is 26.1. The summed E-state index contributed by atoms with van der Waals surface area (Å²) in [6.07, 6.45) is 1.14. The Kier molecular flexibility index (Phi) is 10.0. The van der Waals surface area contributed by atoms with Crippen molar-refractivity contribution in [3.05, 3.63) is 64.7 Å². The van der Waals surface area contributed by atoms with Crippen LogP contribution in [0.1, 0.15) is 97.4 Å². The topological polar surface area (TPSA) is 0 Å². The van der Waals surface area contributed by atoms with Crippen LogP contribution in [-0.4, -0.2) is 0 Å². The van der Waals surface area contributed by atoms with E-state index in [9.17, 15) is 0 Å². The van der Waals surface area contributed by atoms with Gasteiger partial charge >= 0.3 is 37.9 Å². The van der Waals surface area contributed by atoms with Crippen molar-refractivity contribution < 1.29 is 20.8 Å². The summed E-state index contributed by atoms with van der Waals surface area (Å²) in [5, 5.41) is 2.80. The van der Waals surface area contributed by atoms with Gasteiger partial charge in [-0.15, -0.1) is 34.5 Å². The fourth-order valence-electron chi connectivity index (χ4n) is 4.39. The zero-order valence-electron chi connectivity index (χ0n) is 22.2. The molecular weight excluding hydrogens is 522 g/mol. The van der Waals surface area contributed by atoms with Crippen LogP contribution in [0.4, 0.5) is 0 Å². The molecule has 0 unspecified atom stereocenters. The van der Waals surface area contributed by atoms with Crippen molar-refractivity contribution in [1.29, 1.82) is 0 Å². The molecule has 33 heavy (non-hydrogen) atoms. The van der Waals surface area contributed by atoms with Crippen molar-refractivity contribution in [3.8, 4) is 11.1 Å². The fraction of sp³-hybridized carbons (Fsp3) is 0.500. The van der Waals surface area contributed by atoms with Crippen LogP contribution in [0.25, 0.3) is 21.9 Å². The monoisotopic (exact) mass is 561 g/mol.